The third-order valence-electron chi connectivity index (χ3n) is 3.56. The van der Waals surface area contributed by atoms with Gasteiger partial charge in [0.1, 0.15) is 0 Å². The highest BCUT2D eigenvalue weighted by atomic mass is 19.2. The van der Waals surface area contributed by atoms with Crippen molar-refractivity contribution < 1.29 is 37.2 Å². The van der Waals surface area contributed by atoms with Crippen LogP contribution in [0.3, 0.4) is 0 Å². The van der Waals surface area contributed by atoms with Gasteiger partial charge in [-0.3, -0.25) is 14.9 Å². The SMILES string of the molecule is COc1ccc(C(=O)O[C@H](C)C(=O)Nc2ccc(F)c(F)c2F)cc1[N+](=O)[O-]. The molecule has 0 heterocycles. The summed E-state index contributed by atoms with van der Waals surface area (Å²) < 4.78 is 49.4. The van der Waals surface area contributed by atoms with Gasteiger partial charge in [0.05, 0.1) is 23.3 Å². The maximum Gasteiger partial charge on any atom is 0.339 e. The van der Waals surface area contributed by atoms with Crippen molar-refractivity contribution in [1.29, 1.82) is 0 Å². The summed E-state index contributed by atoms with van der Waals surface area (Å²) in [6.45, 7) is 1.14. The first-order valence-electron chi connectivity index (χ1n) is 7.63. The van der Waals surface area contributed by atoms with Crippen LogP contribution >= 0.6 is 0 Å². The van der Waals surface area contributed by atoms with Gasteiger partial charge in [-0.25, -0.2) is 18.0 Å². The van der Waals surface area contributed by atoms with Gasteiger partial charge in [0, 0.05) is 6.07 Å². The topological polar surface area (TPSA) is 108 Å². The average molecular weight is 398 g/mol. The molecule has 2 rings (SSSR count). The second kappa shape index (κ2) is 8.37. The molecular weight excluding hydrogens is 385 g/mol. The molecule has 0 unspecified atom stereocenters. The van der Waals surface area contributed by atoms with E-state index in [1.54, 1.807) is 0 Å². The Bertz CT molecular complexity index is 951. The van der Waals surface area contributed by atoms with Gasteiger partial charge in [0.2, 0.25) is 0 Å². The lowest BCUT2D eigenvalue weighted by Gasteiger charge is -2.14. The molecule has 0 saturated heterocycles. The standard InChI is InChI=1S/C17H13F3N2O6/c1-8(16(23)21-11-5-4-10(18)14(19)15(11)20)28-17(24)9-3-6-13(27-2)12(7-9)22(25)26/h3-8H,1-2H3,(H,21,23)/t8-/m1/s1. The number of esters is 1. The number of hydrogen-bond acceptors (Lipinski definition) is 6. The van der Waals surface area contributed by atoms with Crippen LogP contribution in [0, 0.1) is 27.6 Å². The van der Waals surface area contributed by atoms with E-state index < -0.39 is 51.7 Å². The number of nitro groups is 1. The first-order valence-corrected chi connectivity index (χ1v) is 7.63. The van der Waals surface area contributed by atoms with Gasteiger partial charge in [0.25, 0.3) is 5.91 Å². The van der Waals surface area contributed by atoms with Gasteiger partial charge in [-0.05, 0) is 31.2 Å². The van der Waals surface area contributed by atoms with E-state index in [1.165, 1.54) is 19.2 Å². The summed E-state index contributed by atoms with van der Waals surface area (Å²) in [5, 5.41) is 12.9. The molecule has 8 nitrogen and oxygen atoms in total. The molecule has 1 atom stereocenters. The minimum atomic E-state index is -1.77. The average Bonchev–Trinajstić information content (AvgIpc) is 2.67. The Morgan fingerprint density at radius 2 is 1.82 bits per heavy atom. The summed E-state index contributed by atoms with van der Waals surface area (Å²) in [4.78, 5) is 34.3. The van der Waals surface area contributed by atoms with Gasteiger partial charge in [-0.1, -0.05) is 0 Å². The Kier molecular flexibility index (Phi) is 6.18. The fourth-order valence-corrected chi connectivity index (χ4v) is 2.10. The Balaban J connectivity index is 2.12. The van der Waals surface area contributed by atoms with Crippen molar-refractivity contribution in [3.05, 3.63) is 63.5 Å². The number of methoxy groups -OCH3 is 1. The van der Waals surface area contributed by atoms with E-state index in [2.05, 4.69) is 0 Å². The summed E-state index contributed by atoms with van der Waals surface area (Å²) >= 11 is 0. The summed E-state index contributed by atoms with van der Waals surface area (Å²) in [5.74, 6) is -7.00. The van der Waals surface area contributed by atoms with E-state index in [0.717, 1.165) is 19.1 Å². The van der Waals surface area contributed by atoms with Gasteiger partial charge >= 0.3 is 11.7 Å². The molecule has 0 aliphatic carbocycles. The Hall–Kier alpha value is -3.63. The fourth-order valence-electron chi connectivity index (χ4n) is 2.10. The number of hydrogen-bond donors (Lipinski definition) is 1. The number of ether oxygens (including phenoxy) is 2. The van der Waals surface area contributed by atoms with E-state index in [-0.39, 0.29) is 11.3 Å². The van der Waals surface area contributed by atoms with Crippen LogP contribution in [0.5, 0.6) is 5.75 Å². The molecule has 0 saturated carbocycles. The molecule has 0 spiro atoms. The predicted octanol–water partition coefficient (Wildman–Crippen LogP) is 3.20. The van der Waals surface area contributed by atoms with E-state index in [4.69, 9.17) is 9.47 Å². The molecule has 11 heteroatoms. The van der Waals surface area contributed by atoms with Crippen LogP contribution in [0.25, 0.3) is 0 Å². The number of nitrogens with zero attached hydrogens (tertiary/aromatic N) is 1. The molecule has 148 valence electrons. The van der Waals surface area contributed by atoms with Crippen molar-refractivity contribution in [2.24, 2.45) is 0 Å². The molecule has 1 N–H and O–H groups in total. The lowest BCUT2D eigenvalue weighted by Crippen LogP contribution is -2.30. The van der Waals surface area contributed by atoms with Crippen LogP contribution in [-0.2, 0) is 9.53 Å². The number of amides is 1. The number of halogens is 3. The van der Waals surface area contributed by atoms with Gasteiger partial charge in [-0.15, -0.1) is 0 Å². The second-order valence-corrected chi connectivity index (χ2v) is 5.40. The highest BCUT2D eigenvalue weighted by Crippen LogP contribution is 2.28. The van der Waals surface area contributed by atoms with Crippen LogP contribution in [0.4, 0.5) is 24.5 Å². The number of benzene rings is 2. The van der Waals surface area contributed by atoms with Crippen LogP contribution in [-0.4, -0.2) is 30.0 Å². The normalized spacial score (nSPS) is 11.5. The Labute approximate surface area is 156 Å². The van der Waals surface area contributed by atoms with E-state index in [1.807, 2.05) is 5.32 Å². The number of rotatable bonds is 6. The van der Waals surface area contributed by atoms with Crippen molar-refractivity contribution in [3.63, 3.8) is 0 Å². The highest BCUT2D eigenvalue weighted by molar-refractivity contribution is 5.97. The summed E-state index contributed by atoms with van der Waals surface area (Å²) in [6.07, 6.45) is -1.47. The highest BCUT2D eigenvalue weighted by Gasteiger charge is 2.24. The molecule has 28 heavy (non-hydrogen) atoms. The van der Waals surface area contributed by atoms with Crippen molar-refractivity contribution in [1.82, 2.24) is 0 Å². The van der Waals surface area contributed by atoms with Crippen molar-refractivity contribution in [3.8, 4) is 5.75 Å². The van der Waals surface area contributed by atoms with Gasteiger partial charge in [-0.2, -0.15) is 0 Å². The van der Waals surface area contributed by atoms with E-state index in [0.29, 0.717) is 6.07 Å². The van der Waals surface area contributed by atoms with Crippen LogP contribution < -0.4 is 10.1 Å². The third kappa shape index (κ3) is 4.37. The molecule has 2 aromatic rings. The molecule has 0 aliphatic heterocycles. The molecule has 0 aliphatic rings. The predicted molar refractivity (Wildman–Crippen MR) is 89.5 cm³/mol. The van der Waals surface area contributed by atoms with Crippen LogP contribution in [0.2, 0.25) is 0 Å². The zero-order chi connectivity index (χ0) is 21.0. The zero-order valence-corrected chi connectivity index (χ0v) is 14.5. The minimum Gasteiger partial charge on any atom is -0.490 e. The van der Waals surface area contributed by atoms with E-state index in [9.17, 15) is 32.9 Å². The Morgan fingerprint density at radius 1 is 1.14 bits per heavy atom. The monoisotopic (exact) mass is 398 g/mol. The first-order chi connectivity index (χ1) is 13.1. The van der Waals surface area contributed by atoms with Crippen molar-refractivity contribution in [2.45, 2.75) is 13.0 Å². The van der Waals surface area contributed by atoms with Crippen LogP contribution in [0.1, 0.15) is 17.3 Å². The summed E-state index contributed by atoms with van der Waals surface area (Å²) in [5.41, 5.74) is -1.36. The summed E-state index contributed by atoms with van der Waals surface area (Å²) in [6, 6.07) is 4.68. The first kappa shape index (κ1) is 20.7. The largest absolute Gasteiger partial charge is 0.490 e. The van der Waals surface area contributed by atoms with Gasteiger partial charge < -0.3 is 14.8 Å². The molecule has 1 amide bonds. The molecule has 0 bridgehead atoms. The molecule has 0 radical (unpaired) electrons. The second-order valence-electron chi connectivity index (χ2n) is 5.40. The number of anilines is 1. The zero-order valence-electron chi connectivity index (χ0n) is 14.5. The number of nitrogens with one attached hydrogen (secondary N) is 1. The minimum absolute atomic E-state index is 0.0823. The van der Waals surface area contributed by atoms with E-state index >= 15 is 0 Å². The van der Waals surface area contributed by atoms with Crippen LogP contribution in [0.15, 0.2) is 30.3 Å². The number of carbonyl (C=O) groups is 2. The number of carbonyl (C=O) groups excluding carboxylic acids is 2. The fraction of sp³-hybridized carbons (Fsp3) is 0.176. The van der Waals surface area contributed by atoms with Crippen molar-refractivity contribution in [2.75, 3.05) is 12.4 Å². The maximum atomic E-state index is 13.6. The number of nitro benzene ring substituents is 1. The maximum absolute atomic E-state index is 13.6. The summed E-state index contributed by atoms with van der Waals surface area (Å²) in [7, 11) is 1.21. The van der Waals surface area contributed by atoms with Crippen molar-refractivity contribution >= 4 is 23.3 Å². The Morgan fingerprint density at radius 3 is 2.43 bits per heavy atom. The quantitative estimate of drug-likeness (QED) is 0.347. The third-order valence-corrected chi connectivity index (χ3v) is 3.56. The molecular formula is C17H13F3N2O6. The molecule has 0 fully saturated rings. The lowest BCUT2D eigenvalue weighted by atomic mass is 10.2. The lowest BCUT2D eigenvalue weighted by molar-refractivity contribution is -0.385. The molecule has 2 aromatic carbocycles. The smallest absolute Gasteiger partial charge is 0.339 e. The van der Waals surface area contributed by atoms with Gasteiger partial charge in [0.15, 0.2) is 29.3 Å². The molecule has 0 aromatic heterocycles.